The fourth-order valence-corrected chi connectivity index (χ4v) is 6.72. The van der Waals surface area contributed by atoms with Crippen LogP contribution >= 0.6 is 11.3 Å². The summed E-state index contributed by atoms with van der Waals surface area (Å²) in [6, 6.07) is 34.2. The molecule has 0 aliphatic rings. The summed E-state index contributed by atoms with van der Waals surface area (Å²) in [4.78, 5) is 13.6. The summed E-state index contributed by atoms with van der Waals surface area (Å²) in [5.41, 5.74) is 11.5. The van der Waals surface area contributed by atoms with Crippen molar-refractivity contribution in [3.8, 4) is 33.6 Å². The number of nitrogens with zero attached hydrogens (tertiary/aromatic N) is 3. The van der Waals surface area contributed by atoms with E-state index in [0.717, 1.165) is 65.9 Å². The van der Waals surface area contributed by atoms with E-state index in [0.29, 0.717) is 27.9 Å². The summed E-state index contributed by atoms with van der Waals surface area (Å²) in [6.07, 6.45) is 3.73. The molecule has 8 rings (SSSR count). The quantitative estimate of drug-likeness (QED) is 0.166. The van der Waals surface area contributed by atoms with Gasteiger partial charge in [0.1, 0.15) is 11.1 Å². The minimum atomic E-state index is -2.28. The Morgan fingerprint density at radius 1 is 0.812 bits per heavy atom. The van der Waals surface area contributed by atoms with Crippen LogP contribution in [-0.4, -0.2) is 15.0 Å². The van der Waals surface area contributed by atoms with E-state index in [1.807, 2.05) is 99.9 Å². The van der Waals surface area contributed by atoms with Crippen molar-refractivity contribution in [2.45, 2.75) is 47.4 Å². The van der Waals surface area contributed by atoms with Gasteiger partial charge in [-0.3, -0.25) is 0 Å². The van der Waals surface area contributed by atoms with E-state index in [4.69, 9.17) is 14.9 Å². The fourth-order valence-electron chi connectivity index (χ4n) is 6.00. The first-order valence-electron chi connectivity index (χ1n) is 17.4. The molecular formula is C42H35IrN3OS-2. The third-order valence-electron chi connectivity index (χ3n) is 8.30. The van der Waals surface area contributed by atoms with Crippen molar-refractivity contribution < 1.29 is 30.0 Å². The standard InChI is InChI=1S/C30H25N2OS.C12H10N.Ir/c1-16(2)23-14-25(31-15-24(23)27-17(3)8-6-9-18(27)4)22-11-7-10-20-21-12-13-26-28(32-19(5)34-26)30(21)33-29(20)22;1-10-7-8-12(13-9-10)11-5-3-2-4-6-11;/h6-10,12-16H,1-5H3;2-5,7-9H,1H3;/q2*-1;/i5D3,16D;;. The van der Waals surface area contributed by atoms with Crippen molar-refractivity contribution in [2.75, 3.05) is 0 Å². The van der Waals surface area contributed by atoms with Crippen molar-refractivity contribution in [2.24, 2.45) is 0 Å². The second-order valence-corrected chi connectivity index (χ2v) is 12.9. The number of furan rings is 1. The number of fused-ring (bicyclic) bond motifs is 5. The summed E-state index contributed by atoms with van der Waals surface area (Å²) in [5, 5.41) is 1.84. The SMILES string of the molecule is Cc1ccc(-c2[c-]cccc2)nc1.[2H]C([2H])([2H])c1nc2c(ccc3c4cc[c-]c(-c5cc(C([2H])(C)C)c(-c6c(C)cccc6C)cn5)c4oc32)s1.[Ir]. The van der Waals surface area contributed by atoms with Crippen LogP contribution in [-0.2, 0) is 20.1 Å². The predicted octanol–water partition coefficient (Wildman–Crippen LogP) is 11.6. The summed E-state index contributed by atoms with van der Waals surface area (Å²) in [7, 11) is 0. The molecular weight excluding hydrogens is 787 g/mol. The molecule has 4 heterocycles. The summed E-state index contributed by atoms with van der Waals surface area (Å²) in [6.45, 7) is 7.69. The van der Waals surface area contributed by atoms with Crippen LogP contribution in [0.25, 0.3) is 65.8 Å². The van der Waals surface area contributed by atoms with Crippen molar-refractivity contribution in [1.82, 2.24) is 15.0 Å². The van der Waals surface area contributed by atoms with Crippen molar-refractivity contribution in [1.29, 1.82) is 0 Å². The van der Waals surface area contributed by atoms with Gasteiger partial charge in [-0.1, -0.05) is 67.3 Å². The van der Waals surface area contributed by atoms with E-state index in [1.165, 1.54) is 5.56 Å². The third-order valence-corrected chi connectivity index (χ3v) is 9.14. The minimum absolute atomic E-state index is 0. The molecule has 6 heteroatoms. The number of thiazole rings is 1. The molecule has 0 unspecified atom stereocenters. The van der Waals surface area contributed by atoms with E-state index in [-0.39, 0.29) is 25.1 Å². The zero-order valence-corrected chi connectivity index (χ0v) is 30.4. The largest absolute Gasteiger partial charge is 0.498 e. The molecule has 0 N–H and O–H groups in total. The van der Waals surface area contributed by atoms with E-state index >= 15 is 0 Å². The Labute approximate surface area is 304 Å². The van der Waals surface area contributed by atoms with Crippen LogP contribution in [0.2, 0.25) is 0 Å². The molecule has 0 aliphatic carbocycles. The molecule has 48 heavy (non-hydrogen) atoms. The van der Waals surface area contributed by atoms with Gasteiger partial charge in [0.2, 0.25) is 0 Å². The van der Waals surface area contributed by atoms with Gasteiger partial charge < -0.3 is 14.4 Å². The maximum atomic E-state index is 8.94. The number of hydrogen-bond donors (Lipinski definition) is 0. The summed E-state index contributed by atoms with van der Waals surface area (Å²) >= 11 is 1.16. The van der Waals surface area contributed by atoms with Gasteiger partial charge in [-0.2, -0.15) is 0 Å². The molecule has 4 aromatic heterocycles. The predicted molar refractivity (Wildman–Crippen MR) is 196 cm³/mol. The molecule has 8 aromatic rings. The Hall–Kier alpha value is -4.48. The number of hydrogen-bond acceptors (Lipinski definition) is 5. The summed E-state index contributed by atoms with van der Waals surface area (Å²) in [5.74, 6) is -0.873. The zero-order valence-electron chi connectivity index (χ0n) is 31.2. The van der Waals surface area contributed by atoms with Crippen LogP contribution < -0.4 is 0 Å². The Balaban J connectivity index is 0.000000279. The molecule has 0 bridgehead atoms. The molecule has 0 spiro atoms. The van der Waals surface area contributed by atoms with Gasteiger partial charge in [-0.15, -0.1) is 65.4 Å². The molecule has 1 radical (unpaired) electrons. The molecule has 0 aliphatic heterocycles. The summed E-state index contributed by atoms with van der Waals surface area (Å²) < 4.78 is 39.4. The Morgan fingerprint density at radius 3 is 2.31 bits per heavy atom. The molecule has 241 valence electrons. The minimum Gasteiger partial charge on any atom is -0.498 e. The maximum absolute atomic E-state index is 8.94. The van der Waals surface area contributed by atoms with Crippen molar-refractivity contribution in [3.05, 3.63) is 137 Å². The first-order valence-corrected chi connectivity index (χ1v) is 16.3. The topological polar surface area (TPSA) is 51.8 Å². The van der Waals surface area contributed by atoms with Crippen LogP contribution in [0.15, 0.2) is 102 Å². The molecule has 0 amide bonds. The van der Waals surface area contributed by atoms with E-state index in [1.54, 1.807) is 0 Å². The Morgan fingerprint density at radius 2 is 1.60 bits per heavy atom. The average Bonchev–Trinajstić information content (AvgIpc) is 3.72. The Bertz CT molecular complexity index is 2520. The molecule has 0 saturated carbocycles. The smallest absolute Gasteiger partial charge is 0.148 e. The maximum Gasteiger partial charge on any atom is 0.148 e. The van der Waals surface area contributed by atoms with Crippen LogP contribution in [0, 0.1) is 39.8 Å². The number of benzene rings is 4. The van der Waals surface area contributed by atoms with Gasteiger partial charge in [0.05, 0.1) is 15.3 Å². The molecule has 4 aromatic carbocycles. The van der Waals surface area contributed by atoms with Crippen LogP contribution in [0.5, 0.6) is 0 Å². The van der Waals surface area contributed by atoms with Gasteiger partial charge in [0.25, 0.3) is 0 Å². The molecule has 4 nitrogen and oxygen atoms in total. The van der Waals surface area contributed by atoms with Gasteiger partial charge >= 0.3 is 0 Å². The van der Waals surface area contributed by atoms with Crippen molar-refractivity contribution >= 4 is 43.5 Å². The molecule has 0 fully saturated rings. The monoisotopic (exact) mass is 826 g/mol. The van der Waals surface area contributed by atoms with Gasteiger partial charge in [0.15, 0.2) is 0 Å². The van der Waals surface area contributed by atoms with E-state index in [2.05, 4.69) is 54.1 Å². The average molecular weight is 826 g/mol. The van der Waals surface area contributed by atoms with Gasteiger partial charge in [-0.05, 0) is 78.8 Å². The number of rotatable bonds is 4. The van der Waals surface area contributed by atoms with E-state index < -0.39 is 12.7 Å². The molecule has 0 atom stereocenters. The first kappa shape index (κ1) is 28.5. The van der Waals surface area contributed by atoms with Crippen molar-refractivity contribution in [3.63, 3.8) is 0 Å². The van der Waals surface area contributed by atoms with Gasteiger partial charge in [-0.25, -0.2) is 4.98 Å². The van der Waals surface area contributed by atoms with Crippen LogP contribution in [0.3, 0.4) is 0 Å². The number of aryl methyl sites for hydroxylation is 4. The van der Waals surface area contributed by atoms with Crippen LogP contribution in [0.4, 0.5) is 0 Å². The molecule has 0 saturated heterocycles. The van der Waals surface area contributed by atoms with Gasteiger partial charge in [0, 0.05) is 48.9 Å². The Kier molecular flexibility index (Phi) is 8.28. The number of pyridine rings is 2. The third kappa shape index (κ3) is 6.36. The zero-order chi connectivity index (χ0) is 36.1. The first-order chi connectivity index (χ1) is 24.3. The number of aromatic nitrogens is 3. The second-order valence-electron chi connectivity index (χ2n) is 11.9. The second kappa shape index (κ2) is 13.9. The van der Waals surface area contributed by atoms with E-state index in [9.17, 15) is 0 Å². The fraction of sp³-hybridized carbons (Fsp3) is 0.167. The normalized spacial score (nSPS) is 12.9. The van der Waals surface area contributed by atoms with Crippen LogP contribution in [0.1, 0.15) is 52.5 Å².